The van der Waals surface area contributed by atoms with Crippen molar-refractivity contribution >= 4 is 44.3 Å². The molecule has 2 heterocycles. The Labute approximate surface area is 222 Å². The monoisotopic (exact) mass is 560 g/mol. The fourth-order valence-electron chi connectivity index (χ4n) is 4.82. The lowest BCUT2D eigenvalue weighted by atomic mass is 9.95. The number of aromatic amines is 1. The predicted octanol–water partition coefficient (Wildman–Crippen LogP) is 5.61. The summed E-state index contributed by atoms with van der Waals surface area (Å²) in [5.74, 6) is -0.613. The van der Waals surface area contributed by atoms with E-state index in [1.54, 1.807) is 49.6 Å². The maximum atomic E-state index is 13.4. The highest BCUT2D eigenvalue weighted by Crippen LogP contribution is 2.42. The highest BCUT2D eigenvalue weighted by molar-refractivity contribution is 9.10. The normalized spacial score (nSPS) is 16.9. The van der Waals surface area contributed by atoms with Crippen LogP contribution in [-0.4, -0.2) is 47.4 Å². The number of amides is 1. The largest absolute Gasteiger partial charge is 0.507 e. The van der Waals surface area contributed by atoms with Crippen molar-refractivity contribution in [2.75, 3.05) is 20.8 Å². The second-order valence-corrected chi connectivity index (χ2v) is 9.64. The molecule has 1 aromatic heterocycles. The zero-order valence-electron chi connectivity index (χ0n) is 20.3. The van der Waals surface area contributed by atoms with Gasteiger partial charge in [0.1, 0.15) is 5.76 Å². The van der Waals surface area contributed by atoms with Gasteiger partial charge in [-0.15, -0.1) is 0 Å². The molecule has 1 aliphatic heterocycles. The zero-order chi connectivity index (χ0) is 26.1. The molecule has 1 aliphatic rings. The molecule has 0 radical (unpaired) electrons. The van der Waals surface area contributed by atoms with Crippen molar-refractivity contribution in [2.45, 2.75) is 12.5 Å². The van der Waals surface area contributed by atoms with Gasteiger partial charge >= 0.3 is 0 Å². The molecular weight excluding hydrogens is 536 g/mol. The molecule has 0 aliphatic carbocycles. The summed E-state index contributed by atoms with van der Waals surface area (Å²) in [5.41, 5.74) is 3.17. The van der Waals surface area contributed by atoms with E-state index < -0.39 is 17.7 Å². The van der Waals surface area contributed by atoms with Gasteiger partial charge in [0.15, 0.2) is 11.5 Å². The van der Waals surface area contributed by atoms with Crippen molar-refractivity contribution in [3.05, 3.63) is 99.7 Å². The summed E-state index contributed by atoms with van der Waals surface area (Å²) in [4.78, 5) is 31.5. The molecule has 0 spiro atoms. The number of halogens is 1. The van der Waals surface area contributed by atoms with Crippen LogP contribution >= 0.6 is 15.9 Å². The average molecular weight is 561 g/mol. The Hall–Kier alpha value is -4.04. The number of methoxy groups -OCH3 is 2. The first-order chi connectivity index (χ1) is 17.9. The number of aromatic nitrogens is 1. The van der Waals surface area contributed by atoms with E-state index in [-0.39, 0.29) is 17.9 Å². The molecule has 4 aromatic rings. The highest BCUT2D eigenvalue weighted by atomic mass is 79.9. The Balaban J connectivity index is 1.60. The predicted molar refractivity (Wildman–Crippen MR) is 145 cm³/mol. The number of carbonyl (C=O) groups is 2. The minimum atomic E-state index is -0.798. The van der Waals surface area contributed by atoms with Gasteiger partial charge in [0.2, 0.25) is 0 Å². The SMILES string of the molecule is COc1ccc(C2/C(=C(/O)c3ccc(Br)cc3)C(=O)C(=O)N2CCc2c[nH]c3ccccc23)cc1OC. The van der Waals surface area contributed by atoms with Crippen LogP contribution in [-0.2, 0) is 16.0 Å². The summed E-state index contributed by atoms with van der Waals surface area (Å²) in [5, 5.41) is 12.3. The minimum absolute atomic E-state index is 0.0402. The fourth-order valence-corrected chi connectivity index (χ4v) is 5.09. The van der Waals surface area contributed by atoms with Crippen LogP contribution in [0.5, 0.6) is 11.5 Å². The third-order valence-corrected chi connectivity index (χ3v) is 7.21. The van der Waals surface area contributed by atoms with Gasteiger partial charge in [0.25, 0.3) is 11.7 Å². The highest BCUT2D eigenvalue weighted by Gasteiger charge is 2.46. The molecule has 1 saturated heterocycles. The number of carbonyl (C=O) groups excluding carboxylic acids is 2. The third-order valence-electron chi connectivity index (χ3n) is 6.68. The summed E-state index contributed by atoms with van der Waals surface area (Å²) >= 11 is 3.39. The molecule has 1 fully saturated rings. The molecule has 7 nitrogen and oxygen atoms in total. The summed E-state index contributed by atoms with van der Waals surface area (Å²) in [6, 6.07) is 19.3. The number of nitrogens with one attached hydrogen (secondary N) is 1. The van der Waals surface area contributed by atoms with Gasteiger partial charge in [-0.25, -0.2) is 0 Å². The number of fused-ring (bicyclic) bond motifs is 1. The van der Waals surface area contributed by atoms with Gasteiger partial charge in [-0.3, -0.25) is 9.59 Å². The number of rotatable bonds is 7. The quantitative estimate of drug-likeness (QED) is 0.174. The summed E-state index contributed by atoms with van der Waals surface area (Å²) in [6.07, 6.45) is 2.45. The summed E-state index contributed by atoms with van der Waals surface area (Å²) in [6.45, 7) is 0.280. The lowest BCUT2D eigenvalue weighted by molar-refractivity contribution is -0.139. The molecule has 5 rings (SSSR count). The molecule has 1 atom stereocenters. The Morgan fingerprint density at radius 3 is 2.46 bits per heavy atom. The third kappa shape index (κ3) is 4.49. The van der Waals surface area contributed by atoms with Crippen molar-refractivity contribution < 1.29 is 24.2 Å². The van der Waals surface area contributed by atoms with Crippen molar-refractivity contribution in [3.8, 4) is 11.5 Å². The second-order valence-electron chi connectivity index (χ2n) is 8.72. The number of ether oxygens (including phenoxy) is 2. The van der Waals surface area contributed by atoms with Crippen LogP contribution in [0.15, 0.2) is 83.0 Å². The number of para-hydroxylation sites is 1. The molecule has 0 saturated carbocycles. The van der Waals surface area contributed by atoms with Crippen LogP contribution in [0.3, 0.4) is 0 Å². The standard InChI is InChI=1S/C29H25BrN2O5/c1-36-23-12-9-18(15-24(23)37-2)26-25(27(33)17-7-10-20(30)11-8-17)28(34)29(35)32(26)14-13-19-16-31-22-6-4-3-5-21(19)22/h3-12,15-16,26,31,33H,13-14H2,1-2H3/b27-25-. The van der Waals surface area contributed by atoms with Gasteiger partial charge in [-0.1, -0.05) is 52.3 Å². The van der Waals surface area contributed by atoms with E-state index in [1.165, 1.54) is 12.0 Å². The van der Waals surface area contributed by atoms with E-state index >= 15 is 0 Å². The topological polar surface area (TPSA) is 91.9 Å². The number of H-pyrrole nitrogens is 1. The van der Waals surface area contributed by atoms with Crippen LogP contribution in [0.2, 0.25) is 0 Å². The van der Waals surface area contributed by atoms with Gasteiger partial charge in [-0.05, 0) is 47.9 Å². The van der Waals surface area contributed by atoms with E-state index in [4.69, 9.17) is 9.47 Å². The Morgan fingerprint density at radius 1 is 1.00 bits per heavy atom. The summed E-state index contributed by atoms with van der Waals surface area (Å²) < 4.78 is 11.7. The van der Waals surface area contributed by atoms with Crippen LogP contribution in [0.1, 0.15) is 22.7 Å². The molecule has 3 aromatic carbocycles. The second kappa shape index (κ2) is 10.1. The van der Waals surface area contributed by atoms with E-state index in [0.29, 0.717) is 29.0 Å². The molecule has 2 N–H and O–H groups in total. The minimum Gasteiger partial charge on any atom is -0.507 e. The lowest BCUT2D eigenvalue weighted by Gasteiger charge is -2.26. The number of aliphatic hydroxyl groups is 1. The number of hydrogen-bond acceptors (Lipinski definition) is 5. The van der Waals surface area contributed by atoms with Crippen molar-refractivity contribution in [2.24, 2.45) is 0 Å². The van der Waals surface area contributed by atoms with E-state index in [1.807, 2.05) is 30.5 Å². The Morgan fingerprint density at radius 2 is 1.73 bits per heavy atom. The molecule has 8 heteroatoms. The maximum Gasteiger partial charge on any atom is 0.295 e. The van der Waals surface area contributed by atoms with Crippen molar-refractivity contribution in [1.82, 2.24) is 9.88 Å². The number of hydrogen-bond donors (Lipinski definition) is 2. The average Bonchev–Trinajstić information content (AvgIpc) is 3.45. The smallest absolute Gasteiger partial charge is 0.295 e. The van der Waals surface area contributed by atoms with E-state index in [9.17, 15) is 14.7 Å². The van der Waals surface area contributed by atoms with Crippen LogP contribution in [0.4, 0.5) is 0 Å². The molecule has 188 valence electrons. The number of benzene rings is 3. The van der Waals surface area contributed by atoms with Gasteiger partial charge < -0.3 is 24.5 Å². The summed E-state index contributed by atoms with van der Waals surface area (Å²) in [7, 11) is 3.07. The molecular formula is C29H25BrN2O5. The Kier molecular flexibility index (Phi) is 6.76. The lowest BCUT2D eigenvalue weighted by Crippen LogP contribution is -2.31. The first-order valence-electron chi connectivity index (χ1n) is 11.7. The van der Waals surface area contributed by atoms with Crippen LogP contribution in [0.25, 0.3) is 16.7 Å². The first-order valence-corrected chi connectivity index (χ1v) is 12.5. The molecule has 1 unspecified atom stereocenters. The molecule has 1 amide bonds. The maximum absolute atomic E-state index is 13.4. The first kappa shape index (κ1) is 24.6. The van der Waals surface area contributed by atoms with E-state index in [2.05, 4.69) is 20.9 Å². The zero-order valence-corrected chi connectivity index (χ0v) is 21.9. The molecule has 37 heavy (non-hydrogen) atoms. The number of likely N-dealkylation sites (tertiary alicyclic amines) is 1. The number of aliphatic hydroxyl groups excluding tert-OH is 1. The van der Waals surface area contributed by atoms with E-state index in [0.717, 1.165) is 20.9 Å². The van der Waals surface area contributed by atoms with Crippen molar-refractivity contribution in [3.63, 3.8) is 0 Å². The van der Waals surface area contributed by atoms with Crippen LogP contribution < -0.4 is 9.47 Å². The van der Waals surface area contributed by atoms with Gasteiger partial charge in [-0.2, -0.15) is 0 Å². The number of nitrogens with zero attached hydrogens (tertiary/aromatic N) is 1. The fraction of sp³-hybridized carbons (Fsp3) is 0.172. The van der Waals surface area contributed by atoms with Crippen LogP contribution in [0, 0.1) is 0 Å². The number of ketones is 1. The van der Waals surface area contributed by atoms with Gasteiger partial charge in [0, 0.05) is 33.7 Å². The van der Waals surface area contributed by atoms with Gasteiger partial charge in [0.05, 0.1) is 25.8 Å². The Bertz CT molecular complexity index is 1520. The molecule has 0 bridgehead atoms. The van der Waals surface area contributed by atoms with Crippen molar-refractivity contribution in [1.29, 1.82) is 0 Å². The number of Topliss-reactive ketones (excluding diaryl/α,β-unsaturated/α-hetero) is 1.